The van der Waals surface area contributed by atoms with Gasteiger partial charge < -0.3 is 10.4 Å². The van der Waals surface area contributed by atoms with Crippen molar-refractivity contribution in [2.24, 2.45) is 5.41 Å². The van der Waals surface area contributed by atoms with E-state index in [1.54, 1.807) is 12.1 Å². The third-order valence-electron chi connectivity index (χ3n) is 4.00. The zero-order chi connectivity index (χ0) is 14.0. The Balaban J connectivity index is 2.16. The van der Waals surface area contributed by atoms with Crippen LogP contribution in [0.1, 0.15) is 38.7 Å². The van der Waals surface area contributed by atoms with Crippen molar-refractivity contribution < 1.29 is 5.11 Å². The van der Waals surface area contributed by atoms with Crippen molar-refractivity contribution >= 4 is 17.3 Å². The van der Waals surface area contributed by atoms with Crippen molar-refractivity contribution in [3.63, 3.8) is 0 Å². The summed E-state index contributed by atoms with van der Waals surface area (Å²) in [6.07, 6.45) is 2.36. The number of halogens is 1. The molecule has 2 N–H and O–H groups in total. The molecule has 0 radical (unpaired) electrons. The van der Waals surface area contributed by atoms with Crippen LogP contribution in [0.25, 0.3) is 0 Å². The summed E-state index contributed by atoms with van der Waals surface area (Å²) in [6.45, 7) is 4.42. The molecule has 1 fully saturated rings. The van der Waals surface area contributed by atoms with Crippen molar-refractivity contribution in [1.82, 2.24) is 0 Å². The predicted molar refractivity (Wildman–Crippen MR) is 77.2 cm³/mol. The predicted octanol–water partition coefficient (Wildman–Crippen LogP) is 3.56. The summed E-state index contributed by atoms with van der Waals surface area (Å²) >= 11 is 6.04. The number of aliphatic hydroxyl groups is 1. The average Bonchev–Trinajstić information content (AvgIpc) is 2.35. The van der Waals surface area contributed by atoms with E-state index in [1.807, 2.05) is 12.1 Å². The van der Waals surface area contributed by atoms with Gasteiger partial charge in [0.25, 0.3) is 0 Å². The minimum absolute atomic E-state index is 0.138. The van der Waals surface area contributed by atoms with E-state index in [9.17, 15) is 5.11 Å². The lowest BCUT2D eigenvalue weighted by Crippen LogP contribution is -2.43. The molecule has 2 unspecified atom stereocenters. The van der Waals surface area contributed by atoms with E-state index in [4.69, 9.17) is 16.9 Å². The Hall–Kier alpha value is -1.24. The number of anilines is 1. The number of hydrogen-bond acceptors (Lipinski definition) is 3. The zero-order valence-corrected chi connectivity index (χ0v) is 12.0. The molecule has 0 saturated heterocycles. The fourth-order valence-corrected chi connectivity index (χ4v) is 2.80. The Morgan fingerprint density at radius 1 is 1.47 bits per heavy atom. The van der Waals surface area contributed by atoms with Gasteiger partial charge in [-0.15, -0.1) is 0 Å². The second kappa shape index (κ2) is 5.40. The van der Waals surface area contributed by atoms with Crippen LogP contribution in [-0.2, 0) is 0 Å². The van der Waals surface area contributed by atoms with E-state index in [0.717, 1.165) is 24.9 Å². The van der Waals surface area contributed by atoms with Gasteiger partial charge in [0.2, 0.25) is 0 Å². The summed E-state index contributed by atoms with van der Waals surface area (Å²) in [4.78, 5) is 0. The van der Waals surface area contributed by atoms with E-state index in [-0.39, 0.29) is 17.6 Å². The maximum Gasteiger partial charge on any atom is 0.101 e. The molecule has 0 aromatic heterocycles. The van der Waals surface area contributed by atoms with Crippen molar-refractivity contribution in [3.05, 3.63) is 28.8 Å². The van der Waals surface area contributed by atoms with Gasteiger partial charge in [-0.25, -0.2) is 0 Å². The molecule has 0 aliphatic heterocycles. The SMILES string of the molecule is CC1(C)CCC(O)CC1Nc1ccc(C#N)c(Cl)c1. The topological polar surface area (TPSA) is 56.0 Å². The van der Waals surface area contributed by atoms with Crippen LogP contribution in [-0.4, -0.2) is 17.3 Å². The number of rotatable bonds is 2. The Kier molecular flexibility index (Phi) is 4.03. The van der Waals surface area contributed by atoms with Crippen molar-refractivity contribution in [2.75, 3.05) is 5.32 Å². The highest BCUT2D eigenvalue weighted by Gasteiger charge is 2.35. The highest BCUT2D eigenvalue weighted by atomic mass is 35.5. The van der Waals surface area contributed by atoms with Gasteiger partial charge in [-0.05, 0) is 42.9 Å². The maximum atomic E-state index is 9.82. The lowest BCUT2D eigenvalue weighted by molar-refractivity contribution is 0.0692. The third-order valence-corrected chi connectivity index (χ3v) is 4.32. The molecule has 1 aromatic rings. The molecule has 2 rings (SSSR count). The summed E-state index contributed by atoms with van der Waals surface area (Å²) in [5, 5.41) is 22.6. The van der Waals surface area contributed by atoms with Gasteiger partial charge in [-0.2, -0.15) is 5.26 Å². The standard InChI is InChI=1S/C15H19ClN2O/c1-15(2)6-5-12(19)8-14(15)18-11-4-3-10(9-17)13(16)7-11/h3-4,7,12,14,18-19H,5-6,8H2,1-2H3. The highest BCUT2D eigenvalue weighted by molar-refractivity contribution is 6.32. The lowest BCUT2D eigenvalue weighted by atomic mass is 9.72. The molecular weight excluding hydrogens is 260 g/mol. The van der Waals surface area contributed by atoms with Gasteiger partial charge in [-0.1, -0.05) is 25.4 Å². The first-order chi connectivity index (χ1) is 8.92. The third kappa shape index (κ3) is 3.20. The van der Waals surface area contributed by atoms with Crippen molar-refractivity contribution in [3.8, 4) is 6.07 Å². The number of nitrogens with one attached hydrogen (secondary N) is 1. The first-order valence-corrected chi connectivity index (χ1v) is 6.94. The number of nitriles is 1. The Bertz CT molecular complexity index is 507. The monoisotopic (exact) mass is 278 g/mol. The molecule has 3 nitrogen and oxygen atoms in total. The molecule has 1 aliphatic carbocycles. The molecule has 102 valence electrons. The maximum absolute atomic E-state index is 9.82. The molecule has 1 aliphatic rings. The minimum Gasteiger partial charge on any atom is -0.393 e. The van der Waals surface area contributed by atoms with Crippen LogP contribution in [0.4, 0.5) is 5.69 Å². The smallest absolute Gasteiger partial charge is 0.101 e. The number of benzene rings is 1. The van der Waals surface area contributed by atoms with Gasteiger partial charge >= 0.3 is 0 Å². The normalized spacial score (nSPS) is 25.6. The zero-order valence-electron chi connectivity index (χ0n) is 11.3. The number of nitrogens with zero attached hydrogens (tertiary/aromatic N) is 1. The molecule has 0 amide bonds. The van der Waals surface area contributed by atoms with Crippen LogP contribution >= 0.6 is 11.6 Å². The molecule has 19 heavy (non-hydrogen) atoms. The van der Waals surface area contributed by atoms with Crippen LogP contribution in [0.15, 0.2) is 18.2 Å². The van der Waals surface area contributed by atoms with E-state index in [1.165, 1.54) is 0 Å². The first kappa shape index (κ1) is 14.2. The van der Waals surface area contributed by atoms with E-state index in [0.29, 0.717) is 10.6 Å². The largest absolute Gasteiger partial charge is 0.393 e. The van der Waals surface area contributed by atoms with E-state index >= 15 is 0 Å². The molecule has 0 bridgehead atoms. The van der Waals surface area contributed by atoms with Crippen molar-refractivity contribution in [2.45, 2.75) is 45.3 Å². The average molecular weight is 279 g/mol. The summed E-state index contributed by atoms with van der Waals surface area (Å²) in [5.41, 5.74) is 1.52. The molecule has 0 spiro atoms. The molecule has 0 heterocycles. The fourth-order valence-electron chi connectivity index (χ4n) is 2.57. The molecule has 2 atom stereocenters. The number of aliphatic hydroxyl groups excluding tert-OH is 1. The van der Waals surface area contributed by atoms with Crippen LogP contribution in [0, 0.1) is 16.7 Å². The summed E-state index contributed by atoms with van der Waals surface area (Å²) < 4.78 is 0. The van der Waals surface area contributed by atoms with Crippen LogP contribution in [0.5, 0.6) is 0 Å². The van der Waals surface area contributed by atoms with Gasteiger partial charge in [0.15, 0.2) is 0 Å². The molecule has 1 saturated carbocycles. The minimum atomic E-state index is -0.237. The van der Waals surface area contributed by atoms with Gasteiger partial charge in [0.1, 0.15) is 6.07 Å². The van der Waals surface area contributed by atoms with Crippen LogP contribution < -0.4 is 5.32 Å². The second-order valence-electron chi connectivity index (χ2n) is 5.92. The molecular formula is C15H19ClN2O. The molecule has 1 aromatic carbocycles. The Morgan fingerprint density at radius 2 is 2.21 bits per heavy atom. The lowest BCUT2D eigenvalue weighted by Gasteiger charge is -2.41. The number of hydrogen-bond donors (Lipinski definition) is 2. The van der Waals surface area contributed by atoms with Crippen LogP contribution in [0.3, 0.4) is 0 Å². The fraction of sp³-hybridized carbons (Fsp3) is 0.533. The van der Waals surface area contributed by atoms with Gasteiger partial charge in [-0.3, -0.25) is 0 Å². The first-order valence-electron chi connectivity index (χ1n) is 6.56. The summed E-state index contributed by atoms with van der Waals surface area (Å²) in [6, 6.07) is 7.61. The van der Waals surface area contributed by atoms with Gasteiger partial charge in [0.05, 0.1) is 16.7 Å². The van der Waals surface area contributed by atoms with E-state index in [2.05, 4.69) is 19.2 Å². The summed E-state index contributed by atoms with van der Waals surface area (Å²) in [5.74, 6) is 0. The quantitative estimate of drug-likeness (QED) is 0.870. The van der Waals surface area contributed by atoms with Crippen LogP contribution in [0.2, 0.25) is 5.02 Å². The highest BCUT2D eigenvalue weighted by Crippen LogP contribution is 2.37. The molecule has 4 heteroatoms. The summed E-state index contributed by atoms with van der Waals surface area (Å²) in [7, 11) is 0. The Morgan fingerprint density at radius 3 is 2.84 bits per heavy atom. The second-order valence-corrected chi connectivity index (χ2v) is 6.33. The van der Waals surface area contributed by atoms with Gasteiger partial charge in [0, 0.05) is 11.7 Å². The Labute approximate surface area is 119 Å². The van der Waals surface area contributed by atoms with Crippen molar-refractivity contribution in [1.29, 1.82) is 5.26 Å². The van der Waals surface area contributed by atoms with E-state index < -0.39 is 0 Å².